The molecule has 3 N–H and O–H groups in total. The molecule has 2 heterocycles. The lowest BCUT2D eigenvalue weighted by Crippen LogP contribution is -2.44. The number of amides is 2. The van der Waals surface area contributed by atoms with Crippen LogP contribution in [-0.4, -0.2) is 40.7 Å². The number of nitrogens with zero attached hydrogens (tertiary/aromatic N) is 1. The highest BCUT2D eigenvalue weighted by Gasteiger charge is 2.22. The fourth-order valence-corrected chi connectivity index (χ4v) is 3.02. The maximum atomic E-state index is 12.3. The molecule has 2 aromatic rings. The predicted octanol–water partition coefficient (Wildman–Crippen LogP) is 1.44. The van der Waals surface area contributed by atoms with Crippen LogP contribution in [0, 0.1) is 5.92 Å². The van der Waals surface area contributed by atoms with Crippen molar-refractivity contribution in [3.05, 3.63) is 46.2 Å². The van der Waals surface area contributed by atoms with Gasteiger partial charge in [-0.25, -0.2) is 4.79 Å². The van der Waals surface area contributed by atoms with Gasteiger partial charge < -0.3 is 20.3 Å². The number of hydrogen-bond acceptors (Lipinski definition) is 3. The van der Waals surface area contributed by atoms with Gasteiger partial charge in [0.1, 0.15) is 0 Å². The second-order valence-corrected chi connectivity index (χ2v) is 5.98. The first-order valence-corrected chi connectivity index (χ1v) is 7.92. The van der Waals surface area contributed by atoms with Crippen molar-refractivity contribution in [2.24, 2.45) is 5.92 Å². The Hall–Kier alpha value is -2.34. The summed E-state index contributed by atoms with van der Waals surface area (Å²) in [6.07, 6.45) is 1.66. The van der Waals surface area contributed by atoms with Crippen LogP contribution in [0.1, 0.15) is 18.4 Å². The van der Waals surface area contributed by atoms with Gasteiger partial charge in [-0.3, -0.25) is 4.79 Å². The van der Waals surface area contributed by atoms with E-state index in [1.165, 1.54) is 6.07 Å². The van der Waals surface area contributed by atoms with Crippen molar-refractivity contribution in [2.45, 2.75) is 19.4 Å². The Labute approximate surface area is 134 Å². The minimum absolute atomic E-state index is 0.120. The fourth-order valence-electron chi connectivity index (χ4n) is 3.02. The van der Waals surface area contributed by atoms with Gasteiger partial charge in [0.2, 0.25) is 5.56 Å². The van der Waals surface area contributed by atoms with Crippen LogP contribution in [0.2, 0.25) is 0 Å². The lowest BCUT2D eigenvalue weighted by Gasteiger charge is -2.31. The lowest BCUT2D eigenvalue weighted by atomic mass is 9.98. The molecule has 1 aromatic carbocycles. The Kier molecular flexibility index (Phi) is 4.62. The van der Waals surface area contributed by atoms with Crippen LogP contribution < -0.4 is 10.9 Å². The Morgan fingerprint density at radius 2 is 2.04 bits per heavy atom. The maximum absolute atomic E-state index is 12.3. The molecule has 0 aliphatic carbocycles. The number of rotatable bonds is 3. The van der Waals surface area contributed by atoms with E-state index in [0.29, 0.717) is 25.6 Å². The molecule has 6 nitrogen and oxygen atoms in total. The molecule has 0 atom stereocenters. The molecule has 0 spiro atoms. The number of fused-ring (bicyclic) bond motifs is 1. The molecule has 0 unspecified atom stereocenters. The molecule has 1 aliphatic heterocycles. The number of benzene rings is 1. The number of hydrogen-bond donors (Lipinski definition) is 3. The summed E-state index contributed by atoms with van der Waals surface area (Å²) < 4.78 is 0. The number of likely N-dealkylation sites (tertiary alicyclic amines) is 1. The Morgan fingerprint density at radius 1 is 1.30 bits per heavy atom. The minimum atomic E-state index is -0.170. The van der Waals surface area contributed by atoms with E-state index in [-0.39, 0.29) is 18.2 Å². The van der Waals surface area contributed by atoms with Gasteiger partial charge in [-0.2, -0.15) is 0 Å². The topological polar surface area (TPSA) is 85.4 Å². The monoisotopic (exact) mass is 315 g/mol. The second kappa shape index (κ2) is 6.83. The number of aromatic amines is 1. The normalized spacial score (nSPS) is 15.8. The number of H-pyrrole nitrogens is 1. The summed E-state index contributed by atoms with van der Waals surface area (Å²) >= 11 is 0. The molecule has 1 fully saturated rings. The SMILES string of the molecule is O=C(NCc1cc(=O)[nH]c2ccccc12)N1CCC(CO)CC1. The van der Waals surface area contributed by atoms with Crippen LogP contribution in [0.15, 0.2) is 35.1 Å². The van der Waals surface area contributed by atoms with Crippen molar-refractivity contribution in [2.75, 3.05) is 19.7 Å². The number of nitrogens with one attached hydrogen (secondary N) is 2. The first-order valence-electron chi connectivity index (χ1n) is 7.92. The van der Waals surface area contributed by atoms with Crippen molar-refractivity contribution in [1.29, 1.82) is 0 Å². The van der Waals surface area contributed by atoms with E-state index in [9.17, 15) is 9.59 Å². The van der Waals surface area contributed by atoms with Gasteiger partial charge in [0.25, 0.3) is 0 Å². The van der Waals surface area contributed by atoms with Crippen molar-refractivity contribution in [3.63, 3.8) is 0 Å². The molecular weight excluding hydrogens is 294 g/mol. The van der Waals surface area contributed by atoms with E-state index in [0.717, 1.165) is 29.3 Å². The number of carbonyl (C=O) groups is 1. The standard InChI is InChI=1S/C17H21N3O3/c21-11-12-5-7-20(8-6-12)17(23)18-10-13-9-16(22)19-15-4-2-1-3-14(13)15/h1-4,9,12,21H,5-8,10-11H2,(H,18,23)(H,19,22). The van der Waals surface area contributed by atoms with E-state index in [4.69, 9.17) is 5.11 Å². The zero-order valence-electron chi connectivity index (χ0n) is 12.9. The van der Waals surface area contributed by atoms with Gasteiger partial charge in [0.05, 0.1) is 0 Å². The molecule has 0 radical (unpaired) electrons. The molecule has 1 aromatic heterocycles. The molecule has 23 heavy (non-hydrogen) atoms. The van der Waals surface area contributed by atoms with Gasteiger partial charge >= 0.3 is 6.03 Å². The molecule has 6 heteroatoms. The highest BCUT2D eigenvalue weighted by atomic mass is 16.3. The number of carbonyl (C=O) groups excluding carboxylic acids is 1. The van der Waals surface area contributed by atoms with Crippen LogP contribution in [-0.2, 0) is 6.54 Å². The van der Waals surface area contributed by atoms with Crippen molar-refractivity contribution < 1.29 is 9.90 Å². The van der Waals surface area contributed by atoms with Crippen molar-refractivity contribution in [3.8, 4) is 0 Å². The van der Waals surface area contributed by atoms with Gasteiger partial charge in [-0.05, 0) is 30.4 Å². The zero-order valence-corrected chi connectivity index (χ0v) is 12.9. The van der Waals surface area contributed by atoms with E-state index in [1.807, 2.05) is 24.3 Å². The summed E-state index contributed by atoms with van der Waals surface area (Å²) in [7, 11) is 0. The number of aliphatic hydroxyl groups is 1. The van der Waals surface area contributed by atoms with Gasteiger partial charge in [0, 0.05) is 43.2 Å². The smallest absolute Gasteiger partial charge is 0.317 e. The van der Waals surface area contributed by atoms with Gasteiger partial charge in [-0.15, -0.1) is 0 Å². The third-order valence-corrected chi connectivity index (χ3v) is 4.43. The van der Waals surface area contributed by atoms with Gasteiger partial charge in [0.15, 0.2) is 0 Å². The third-order valence-electron chi connectivity index (χ3n) is 4.43. The van der Waals surface area contributed by atoms with E-state index in [2.05, 4.69) is 10.3 Å². The number of pyridine rings is 1. The van der Waals surface area contributed by atoms with Crippen molar-refractivity contribution >= 4 is 16.9 Å². The molecule has 3 rings (SSSR count). The Balaban J connectivity index is 1.67. The second-order valence-electron chi connectivity index (χ2n) is 5.98. The molecular formula is C17H21N3O3. The summed E-state index contributed by atoms with van der Waals surface area (Å²) in [4.78, 5) is 28.5. The number of piperidine rings is 1. The molecule has 1 saturated heterocycles. The molecule has 1 aliphatic rings. The lowest BCUT2D eigenvalue weighted by molar-refractivity contribution is 0.137. The minimum Gasteiger partial charge on any atom is -0.396 e. The molecule has 0 bridgehead atoms. The zero-order chi connectivity index (χ0) is 16.2. The molecule has 0 saturated carbocycles. The maximum Gasteiger partial charge on any atom is 0.317 e. The van der Waals surface area contributed by atoms with Crippen LogP contribution in [0.4, 0.5) is 4.79 Å². The van der Waals surface area contributed by atoms with E-state index in [1.54, 1.807) is 4.90 Å². The summed E-state index contributed by atoms with van der Waals surface area (Å²) in [5, 5.41) is 13.0. The quantitative estimate of drug-likeness (QED) is 0.801. The highest BCUT2D eigenvalue weighted by molar-refractivity contribution is 5.82. The average molecular weight is 315 g/mol. The van der Waals surface area contributed by atoms with Crippen LogP contribution in [0.3, 0.4) is 0 Å². The summed E-state index contributed by atoms with van der Waals surface area (Å²) in [5.41, 5.74) is 1.41. The highest BCUT2D eigenvalue weighted by Crippen LogP contribution is 2.17. The number of aromatic nitrogens is 1. The summed E-state index contributed by atoms with van der Waals surface area (Å²) in [6.45, 7) is 1.83. The van der Waals surface area contributed by atoms with Crippen LogP contribution in [0.25, 0.3) is 10.9 Å². The number of aliphatic hydroxyl groups excluding tert-OH is 1. The fraction of sp³-hybridized carbons (Fsp3) is 0.412. The average Bonchev–Trinajstić information content (AvgIpc) is 2.59. The number of urea groups is 1. The first-order chi connectivity index (χ1) is 11.2. The Bertz CT molecular complexity index is 748. The summed E-state index contributed by atoms with van der Waals surface area (Å²) in [5.74, 6) is 0.302. The van der Waals surface area contributed by atoms with Gasteiger partial charge in [-0.1, -0.05) is 18.2 Å². The van der Waals surface area contributed by atoms with Crippen molar-refractivity contribution in [1.82, 2.24) is 15.2 Å². The first kappa shape index (κ1) is 15.6. The van der Waals surface area contributed by atoms with E-state index >= 15 is 0 Å². The predicted molar refractivity (Wildman–Crippen MR) is 88.2 cm³/mol. The molecule has 122 valence electrons. The summed E-state index contributed by atoms with van der Waals surface area (Å²) in [6, 6.07) is 8.96. The largest absolute Gasteiger partial charge is 0.396 e. The van der Waals surface area contributed by atoms with Crippen LogP contribution >= 0.6 is 0 Å². The van der Waals surface area contributed by atoms with E-state index < -0.39 is 0 Å². The molecule has 2 amide bonds. The third kappa shape index (κ3) is 3.53. The Morgan fingerprint density at radius 3 is 2.78 bits per heavy atom. The van der Waals surface area contributed by atoms with Crippen LogP contribution in [0.5, 0.6) is 0 Å². The number of para-hydroxylation sites is 1.